The Morgan fingerprint density at radius 2 is 2.00 bits per heavy atom. The smallest absolute Gasteiger partial charge is 0.138 e. The Morgan fingerprint density at radius 3 is 2.53 bits per heavy atom. The first-order valence-electron chi connectivity index (χ1n) is 7.28. The highest BCUT2D eigenvalue weighted by Crippen LogP contribution is 2.41. The quantitative estimate of drug-likeness (QED) is 0.772. The predicted octanol–water partition coefficient (Wildman–Crippen LogP) is 4.27. The minimum absolute atomic E-state index is 0.349. The minimum Gasteiger partial charge on any atom is -0.356 e. The van der Waals surface area contributed by atoms with Gasteiger partial charge in [0.25, 0.3) is 0 Å². The van der Waals surface area contributed by atoms with Crippen molar-refractivity contribution in [1.29, 1.82) is 0 Å². The van der Waals surface area contributed by atoms with Gasteiger partial charge >= 0.3 is 0 Å². The molecule has 1 aliphatic rings. The van der Waals surface area contributed by atoms with Gasteiger partial charge < -0.3 is 4.90 Å². The first-order chi connectivity index (χ1) is 9.03. The van der Waals surface area contributed by atoms with E-state index in [1.807, 2.05) is 0 Å². The van der Waals surface area contributed by atoms with E-state index in [4.69, 9.17) is 11.6 Å². The third-order valence-electron chi connectivity index (χ3n) is 4.63. The molecule has 0 saturated carbocycles. The summed E-state index contributed by atoms with van der Waals surface area (Å²) in [7, 11) is 0. The molecule has 0 amide bonds. The van der Waals surface area contributed by atoms with E-state index in [-0.39, 0.29) is 0 Å². The Hall–Kier alpha value is -0.830. The molecule has 0 N–H and O–H groups in total. The van der Waals surface area contributed by atoms with Crippen molar-refractivity contribution in [3.8, 4) is 0 Å². The Bertz CT molecular complexity index is 441. The molecule has 3 nitrogen and oxygen atoms in total. The predicted molar refractivity (Wildman–Crippen MR) is 81.0 cm³/mol. The summed E-state index contributed by atoms with van der Waals surface area (Å²) in [6, 6.07) is 0. The van der Waals surface area contributed by atoms with Gasteiger partial charge in [0.1, 0.15) is 17.3 Å². The number of hydrogen-bond donors (Lipinski definition) is 0. The largest absolute Gasteiger partial charge is 0.356 e. The van der Waals surface area contributed by atoms with E-state index in [2.05, 4.69) is 42.6 Å². The van der Waals surface area contributed by atoms with Crippen molar-refractivity contribution < 1.29 is 0 Å². The van der Waals surface area contributed by atoms with Gasteiger partial charge in [0.15, 0.2) is 0 Å². The lowest BCUT2D eigenvalue weighted by atomic mass is 9.82. The zero-order valence-electron chi connectivity index (χ0n) is 12.4. The van der Waals surface area contributed by atoms with Crippen LogP contribution in [0.4, 0.5) is 5.82 Å². The van der Waals surface area contributed by atoms with Gasteiger partial charge in [-0.05, 0) is 30.6 Å². The maximum absolute atomic E-state index is 6.26. The molecule has 1 aromatic heterocycles. The molecule has 19 heavy (non-hydrogen) atoms. The fourth-order valence-corrected chi connectivity index (χ4v) is 3.40. The molecule has 2 rings (SSSR count). The van der Waals surface area contributed by atoms with Crippen molar-refractivity contribution in [2.24, 2.45) is 5.41 Å². The highest BCUT2D eigenvalue weighted by Gasteiger charge is 2.36. The molecular formula is C15H24ClN3. The highest BCUT2D eigenvalue weighted by atomic mass is 35.5. The Balaban J connectivity index is 2.32. The molecule has 0 aromatic carbocycles. The van der Waals surface area contributed by atoms with Gasteiger partial charge in [-0.15, -0.1) is 0 Å². The first kappa shape index (κ1) is 14.6. The van der Waals surface area contributed by atoms with Gasteiger partial charge in [0.05, 0.1) is 0 Å². The molecule has 0 spiro atoms. The zero-order valence-corrected chi connectivity index (χ0v) is 13.2. The summed E-state index contributed by atoms with van der Waals surface area (Å²) in [5.41, 5.74) is 1.54. The molecule has 1 aromatic rings. The van der Waals surface area contributed by atoms with E-state index in [0.717, 1.165) is 24.5 Å². The fraction of sp³-hybridized carbons (Fsp3) is 0.733. The summed E-state index contributed by atoms with van der Waals surface area (Å²) in [6.07, 6.45) is 5.30. The second kappa shape index (κ2) is 5.66. The molecule has 0 radical (unpaired) electrons. The lowest BCUT2D eigenvalue weighted by molar-refractivity contribution is 0.301. The second-order valence-electron chi connectivity index (χ2n) is 5.94. The van der Waals surface area contributed by atoms with Crippen LogP contribution >= 0.6 is 11.6 Å². The highest BCUT2D eigenvalue weighted by molar-refractivity contribution is 6.30. The maximum atomic E-state index is 6.26. The SMILES string of the molecule is CCC1(CC)CCN(c2ncnc(Cl)c2C(C)C)C1. The standard InChI is InChI=1S/C15H24ClN3/c1-5-15(6-2)7-8-19(9-15)14-12(11(3)4)13(16)17-10-18-14/h10-11H,5-9H2,1-4H3. The lowest BCUT2D eigenvalue weighted by Gasteiger charge is -2.28. The number of hydrogen-bond acceptors (Lipinski definition) is 3. The van der Waals surface area contributed by atoms with Crippen LogP contribution in [0.15, 0.2) is 6.33 Å². The number of anilines is 1. The Labute approximate surface area is 121 Å². The van der Waals surface area contributed by atoms with Crippen LogP contribution in [0.25, 0.3) is 0 Å². The van der Waals surface area contributed by atoms with Crippen molar-refractivity contribution in [1.82, 2.24) is 9.97 Å². The molecule has 1 aliphatic heterocycles. The topological polar surface area (TPSA) is 29.0 Å². The molecule has 1 saturated heterocycles. The van der Waals surface area contributed by atoms with Crippen LogP contribution in [0, 0.1) is 5.41 Å². The molecular weight excluding hydrogens is 258 g/mol. The van der Waals surface area contributed by atoms with E-state index in [9.17, 15) is 0 Å². The number of halogens is 1. The average Bonchev–Trinajstić information content (AvgIpc) is 2.83. The fourth-order valence-electron chi connectivity index (χ4n) is 3.06. The molecule has 4 heteroatoms. The summed E-state index contributed by atoms with van der Waals surface area (Å²) in [5, 5.41) is 0.602. The van der Waals surface area contributed by atoms with Gasteiger partial charge in [-0.2, -0.15) is 0 Å². The zero-order chi connectivity index (χ0) is 14.0. The summed E-state index contributed by atoms with van der Waals surface area (Å²) in [4.78, 5) is 11.0. The molecule has 2 heterocycles. The van der Waals surface area contributed by atoms with Crippen LogP contribution in [0.1, 0.15) is 58.4 Å². The molecule has 0 atom stereocenters. The van der Waals surface area contributed by atoms with Gasteiger partial charge in [-0.25, -0.2) is 9.97 Å². The molecule has 0 aliphatic carbocycles. The summed E-state index contributed by atoms with van der Waals surface area (Å²) in [5.74, 6) is 1.39. The third-order valence-corrected chi connectivity index (χ3v) is 4.93. The van der Waals surface area contributed by atoms with Crippen LogP contribution in [0.5, 0.6) is 0 Å². The Kier molecular flexibility index (Phi) is 4.34. The van der Waals surface area contributed by atoms with E-state index in [1.165, 1.54) is 19.3 Å². The van der Waals surface area contributed by atoms with Crippen molar-refractivity contribution >= 4 is 17.4 Å². The Morgan fingerprint density at radius 1 is 1.32 bits per heavy atom. The van der Waals surface area contributed by atoms with Crippen LogP contribution in [-0.2, 0) is 0 Å². The van der Waals surface area contributed by atoms with Crippen molar-refractivity contribution in [2.75, 3.05) is 18.0 Å². The minimum atomic E-state index is 0.349. The number of rotatable bonds is 4. The molecule has 1 fully saturated rings. The monoisotopic (exact) mass is 281 g/mol. The molecule has 106 valence electrons. The van der Waals surface area contributed by atoms with Crippen molar-refractivity contribution in [3.05, 3.63) is 17.0 Å². The van der Waals surface area contributed by atoms with E-state index in [1.54, 1.807) is 6.33 Å². The summed E-state index contributed by atoms with van der Waals surface area (Å²) < 4.78 is 0. The average molecular weight is 282 g/mol. The number of aromatic nitrogens is 2. The van der Waals surface area contributed by atoms with Gasteiger partial charge in [0.2, 0.25) is 0 Å². The van der Waals surface area contributed by atoms with Gasteiger partial charge in [-0.1, -0.05) is 39.3 Å². The normalized spacial score (nSPS) is 18.3. The van der Waals surface area contributed by atoms with E-state index >= 15 is 0 Å². The lowest BCUT2D eigenvalue weighted by Crippen LogP contribution is -2.27. The maximum Gasteiger partial charge on any atom is 0.138 e. The summed E-state index contributed by atoms with van der Waals surface area (Å²) in [6.45, 7) is 11.1. The van der Waals surface area contributed by atoms with Crippen molar-refractivity contribution in [3.63, 3.8) is 0 Å². The first-order valence-corrected chi connectivity index (χ1v) is 7.66. The van der Waals surface area contributed by atoms with Crippen LogP contribution in [-0.4, -0.2) is 23.1 Å². The molecule has 0 bridgehead atoms. The van der Waals surface area contributed by atoms with Crippen LogP contribution in [0.3, 0.4) is 0 Å². The summed E-state index contributed by atoms with van der Waals surface area (Å²) >= 11 is 6.26. The van der Waals surface area contributed by atoms with Gasteiger partial charge in [0, 0.05) is 18.7 Å². The van der Waals surface area contributed by atoms with Gasteiger partial charge in [-0.3, -0.25) is 0 Å². The van der Waals surface area contributed by atoms with E-state index in [0.29, 0.717) is 16.5 Å². The van der Waals surface area contributed by atoms with Crippen LogP contribution in [0.2, 0.25) is 5.15 Å². The van der Waals surface area contributed by atoms with Crippen LogP contribution < -0.4 is 4.90 Å². The van der Waals surface area contributed by atoms with E-state index < -0.39 is 0 Å². The van der Waals surface area contributed by atoms with Crippen molar-refractivity contribution in [2.45, 2.75) is 52.9 Å². The molecule has 0 unspecified atom stereocenters. The third kappa shape index (κ3) is 2.71. The second-order valence-corrected chi connectivity index (χ2v) is 6.29. The number of nitrogens with zero attached hydrogens (tertiary/aromatic N) is 3.